The van der Waals surface area contributed by atoms with Gasteiger partial charge >= 0.3 is 0 Å². The van der Waals surface area contributed by atoms with E-state index in [1.54, 1.807) is 29.5 Å². The zero-order valence-electron chi connectivity index (χ0n) is 13.5. The molecule has 0 fully saturated rings. The summed E-state index contributed by atoms with van der Waals surface area (Å²) in [5, 5.41) is 0. The van der Waals surface area contributed by atoms with Crippen molar-refractivity contribution in [3.63, 3.8) is 0 Å². The van der Waals surface area contributed by atoms with Gasteiger partial charge in [-0.3, -0.25) is 13.8 Å². The molecule has 0 aliphatic rings. The lowest BCUT2D eigenvalue weighted by Gasteiger charge is -2.10. The van der Waals surface area contributed by atoms with Gasteiger partial charge in [0.15, 0.2) is 5.65 Å². The zero-order valence-corrected chi connectivity index (χ0v) is 13.5. The molecular formula is C16H17N7O. The Morgan fingerprint density at radius 2 is 2.12 bits per heavy atom. The molecule has 0 aromatic carbocycles. The van der Waals surface area contributed by atoms with Gasteiger partial charge in [-0.1, -0.05) is 20.3 Å². The van der Waals surface area contributed by atoms with Crippen molar-refractivity contribution in [2.24, 2.45) is 0 Å². The van der Waals surface area contributed by atoms with Crippen LogP contribution in [-0.4, -0.2) is 33.9 Å². The van der Waals surface area contributed by atoms with Gasteiger partial charge in [0, 0.05) is 18.8 Å². The van der Waals surface area contributed by atoms with Gasteiger partial charge in [-0.15, -0.1) is 0 Å². The Kier molecular flexibility index (Phi) is 3.37. The van der Waals surface area contributed by atoms with Crippen LogP contribution in [0.25, 0.3) is 22.6 Å². The normalized spacial score (nSPS) is 11.6. The highest BCUT2D eigenvalue weighted by atomic mass is 16.1. The Hall–Kier alpha value is -3.03. The zero-order chi connectivity index (χ0) is 16.7. The van der Waals surface area contributed by atoms with Crippen LogP contribution in [-0.2, 0) is 12.8 Å². The molecule has 0 saturated heterocycles. The van der Waals surface area contributed by atoms with Crippen LogP contribution in [0.4, 0.5) is 0 Å². The molecule has 0 aliphatic carbocycles. The van der Waals surface area contributed by atoms with Crippen molar-refractivity contribution >= 4 is 16.7 Å². The molecule has 4 heterocycles. The maximum atomic E-state index is 12.4. The molecular weight excluding hydrogens is 306 g/mol. The van der Waals surface area contributed by atoms with Crippen LogP contribution >= 0.6 is 0 Å². The van der Waals surface area contributed by atoms with Crippen molar-refractivity contribution in [3.05, 3.63) is 46.8 Å². The Morgan fingerprint density at radius 3 is 2.83 bits per heavy atom. The molecule has 0 atom stereocenters. The molecule has 0 amide bonds. The molecule has 0 spiro atoms. The molecule has 0 radical (unpaired) electrons. The van der Waals surface area contributed by atoms with E-state index in [2.05, 4.69) is 31.8 Å². The van der Waals surface area contributed by atoms with Gasteiger partial charge in [-0.2, -0.15) is 4.98 Å². The summed E-state index contributed by atoms with van der Waals surface area (Å²) < 4.78 is 3.59. The molecule has 0 unspecified atom stereocenters. The van der Waals surface area contributed by atoms with Gasteiger partial charge in [-0.25, -0.2) is 15.0 Å². The number of H-pyrrole nitrogens is 1. The number of hydrogen-bond acceptors (Lipinski definition) is 5. The van der Waals surface area contributed by atoms with E-state index in [4.69, 9.17) is 0 Å². The molecule has 1 N–H and O–H groups in total. The van der Waals surface area contributed by atoms with Crippen molar-refractivity contribution in [1.82, 2.24) is 33.9 Å². The highest BCUT2D eigenvalue weighted by molar-refractivity contribution is 5.77. The van der Waals surface area contributed by atoms with Crippen molar-refractivity contribution in [1.29, 1.82) is 0 Å². The second-order valence-corrected chi connectivity index (χ2v) is 5.59. The van der Waals surface area contributed by atoms with Crippen LogP contribution in [0.1, 0.15) is 31.8 Å². The van der Waals surface area contributed by atoms with Gasteiger partial charge in [0.05, 0.1) is 11.9 Å². The Labute approximate surface area is 137 Å². The van der Waals surface area contributed by atoms with Gasteiger partial charge in [-0.05, 0) is 6.42 Å². The maximum absolute atomic E-state index is 12.4. The minimum atomic E-state index is -0.175. The van der Waals surface area contributed by atoms with Crippen LogP contribution in [0.15, 0.2) is 29.7 Å². The van der Waals surface area contributed by atoms with E-state index in [0.717, 1.165) is 24.4 Å². The summed E-state index contributed by atoms with van der Waals surface area (Å²) >= 11 is 0. The van der Waals surface area contributed by atoms with Crippen LogP contribution < -0.4 is 5.56 Å². The molecule has 122 valence electrons. The van der Waals surface area contributed by atoms with Gasteiger partial charge in [0.1, 0.15) is 23.2 Å². The Bertz CT molecular complexity index is 1080. The lowest BCUT2D eigenvalue weighted by atomic mass is 10.2. The minimum absolute atomic E-state index is 0.175. The lowest BCUT2D eigenvalue weighted by molar-refractivity contribution is 0.839. The number of aromatic nitrogens is 7. The van der Waals surface area contributed by atoms with Crippen molar-refractivity contribution < 1.29 is 0 Å². The first kappa shape index (κ1) is 14.6. The average Bonchev–Trinajstić information content (AvgIpc) is 3.25. The summed E-state index contributed by atoms with van der Waals surface area (Å²) in [7, 11) is 0. The topological polar surface area (TPSA) is 93.8 Å². The molecule has 0 saturated carbocycles. The third-order valence-corrected chi connectivity index (χ3v) is 4.01. The number of aryl methyl sites for hydroxylation is 2. The van der Waals surface area contributed by atoms with Crippen molar-refractivity contribution in [2.45, 2.75) is 33.1 Å². The van der Waals surface area contributed by atoms with Crippen molar-refractivity contribution in [2.75, 3.05) is 0 Å². The van der Waals surface area contributed by atoms with Crippen molar-refractivity contribution in [3.8, 4) is 5.95 Å². The molecule has 4 aromatic heterocycles. The Balaban J connectivity index is 2.16. The van der Waals surface area contributed by atoms with E-state index < -0.39 is 0 Å². The molecule has 0 bridgehead atoms. The lowest BCUT2D eigenvalue weighted by Crippen LogP contribution is -2.15. The van der Waals surface area contributed by atoms with E-state index in [1.807, 2.05) is 11.3 Å². The molecule has 8 heteroatoms. The van der Waals surface area contributed by atoms with E-state index in [0.29, 0.717) is 29.0 Å². The first-order valence-electron chi connectivity index (χ1n) is 8.00. The third-order valence-electron chi connectivity index (χ3n) is 4.01. The predicted octanol–water partition coefficient (Wildman–Crippen LogP) is 1.67. The summed E-state index contributed by atoms with van der Waals surface area (Å²) in [5.41, 5.74) is 2.48. The number of aromatic amines is 1. The van der Waals surface area contributed by atoms with E-state index in [9.17, 15) is 4.79 Å². The van der Waals surface area contributed by atoms with Crippen LogP contribution in [0.2, 0.25) is 0 Å². The number of nitrogens with zero attached hydrogens (tertiary/aromatic N) is 6. The summed E-state index contributed by atoms with van der Waals surface area (Å²) in [6.45, 7) is 4.09. The summed E-state index contributed by atoms with van der Waals surface area (Å²) in [6.07, 6.45) is 9.11. The smallest absolute Gasteiger partial charge is 0.274 e. The number of hydrogen-bond donors (Lipinski definition) is 1. The molecule has 4 rings (SSSR count). The quantitative estimate of drug-likeness (QED) is 0.616. The van der Waals surface area contributed by atoms with Crippen LogP contribution in [0, 0.1) is 0 Å². The number of nitrogens with one attached hydrogen (secondary N) is 1. The fourth-order valence-electron chi connectivity index (χ4n) is 2.90. The number of imidazole rings is 2. The highest BCUT2D eigenvalue weighted by Gasteiger charge is 2.16. The summed E-state index contributed by atoms with van der Waals surface area (Å²) in [6, 6.07) is 0. The largest absolute Gasteiger partial charge is 0.316 e. The van der Waals surface area contributed by atoms with Gasteiger partial charge < -0.3 is 4.98 Å². The van der Waals surface area contributed by atoms with E-state index in [-0.39, 0.29) is 5.56 Å². The molecule has 24 heavy (non-hydrogen) atoms. The molecule has 0 aliphatic heterocycles. The fraction of sp³-hybridized carbons (Fsp3) is 0.312. The number of rotatable bonds is 4. The SMILES string of the molecule is CCCc1nc(-n2ccnc2)nc2c1[nH]c(=O)c1cnc(CC)n12. The highest BCUT2D eigenvalue weighted by Crippen LogP contribution is 2.18. The standard InChI is InChI=1S/C16H17N7O/c1-3-5-10-13-14(21-16(19-10)22-7-6-17-9-22)23-11(15(24)20-13)8-18-12(23)4-2/h6-9H,3-5H2,1-2H3,(H,20,24). The van der Waals surface area contributed by atoms with Gasteiger partial charge in [0.25, 0.3) is 5.56 Å². The second kappa shape index (κ2) is 5.55. The predicted molar refractivity (Wildman–Crippen MR) is 89.4 cm³/mol. The van der Waals surface area contributed by atoms with E-state index >= 15 is 0 Å². The minimum Gasteiger partial charge on any atom is -0.316 e. The third kappa shape index (κ3) is 2.10. The van der Waals surface area contributed by atoms with Crippen LogP contribution in [0.5, 0.6) is 0 Å². The van der Waals surface area contributed by atoms with Gasteiger partial charge in [0.2, 0.25) is 5.95 Å². The molecule has 8 nitrogen and oxygen atoms in total. The Morgan fingerprint density at radius 1 is 1.25 bits per heavy atom. The maximum Gasteiger partial charge on any atom is 0.274 e. The van der Waals surface area contributed by atoms with E-state index in [1.165, 1.54) is 0 Å². The monoisotopic (exact) mass is 323 g/mol. The van der Waals surface area contributed by atoms with Crippen LogP contribution in [0.3, 0.4) is 0 Å². The number of fused-ring (bicyclic) bond motifs is 3. The summed E-state index contributed by atoms with van der Waals surface area (Å²) in [4.78, 5) is 33.1. The average molecular weight is 323 g/mol. The summed E-state index contributed by atoms with van der Waals surface area (Å²) in [5.74, 6) is 1.34. The molecule has 4 aromatic rings. The first-order valence-corrected chi connectivity index (χ1v) is 8.00. The fourth-order valence-corrected chi connectivity index (χ4v) is 2.90. The first-order chi connectivity index (χ1) is 11.7. The second-order valence-electron chi connectivity index (χ2n) is 5.59.